The van der Waals surface area contributed by atoms with Gasteiger partial charge in [-0.3, -0.25) is 9.59 Å². The Balaban J connectivity index is 1.76. The lowest BCUT2D eigenvalue weighted by atomic mass is 10.1. The van der Waals surface area contributed by atoms with E-state index in [2.05, 4.69) is 10.4 Å². The number of carbonyl (C=O) groups excluding carboxylic acids is 2. The van der Waals surface area contributed by atoms with Crippen molar-refractivity contribution in [2.24, 2.45) is 0 Å². The van der Waals surface area contributed by atoms with Crippen molar-refractivity contribution >= 4 is 28.7 Å². The van der Waals surface area contributed by atoms with Crippen LogP contribution in [0.4, 0.5) is 5.69 Å². The SMILES string of the molecule is CC(=O)c1ccccc1NC(=O)c1cc(-c2cccs2)nn1-c1ccccc1. The van der Waals surface area contributed by atoms with Gasteiger partial charge in [-0.2, -0.15) is 5.10 Å². The smallest absolute Gasteiger partial charge is 0.274 e. The molecule has 2 heterocycles. The molecule has 4 rings (SSSR count). The van der Waals surface area contributed by atoms with Crippen LogP contribution in [0.25, 0.3) is 16.3 Å². The number of rotatable bonds is 5. The summed E-state index contributed by atoms with van der Waals surface area (Å²) < 4.78 is 1.63. The number of carbonyl (C=O) groups is 2. The van der Waals surface area contributed by atoms with Crippen molar-refractivity contribution in [1.29, 1.82) is 0 Å². The lowest BCUT2D eigenvalue weighted by Gasteiger charge is -2.10. The van der Waals surface area contributed by atoms with E-state index < -0.39 is 0 Å². The molecule has 1 amide bonds. The number of ketones is 1. The summed E-state index contributed by atoms with van der Waals surface area (Å²) in [5.41, 5.74) is 2.87. The molecule has 0 aliphatic carbocycles. The highest BCUT2D eigenvalue weighted by Gasteiger charge is 2.19. The van der Waals surface area contributed by atoms with Gasteiger partial charge in [-0.05, 0) is 48.7 Å². The fourth-order valence-electron chi connectivity index (χ4n) is 2.94. The summed E-state index contributed by atoms with van der Waals surface area (Å²) in [7, 11) is 0. The average Bonchev–Trinajstić information content (AvgIpc) is 3.39. The number of nitrogens with one attached hydrogen (secondary N) is 1. The van der Waals surface area contributed by atoms with Crippen molar-refractivity contribution in [2.45, 2.75) is 6.92 Å². The second-order valence-electron chi connectivity index (χ2n) is 6.20. The van der Waals surface area contributed by atoms with Crippen molar-refractivity contribution in [1.82, 2.24) is 9.78 Å². The zero-order valence-electron chi connectivity index (χ0n) is 15.1. The Labute approximate surface area is 166 Å². The van der Waals surface area contributed by atoms with Crippen LogP contribution >= 0.6 is 11.3 Å². The Morgan fingerprint density at radius 1 is 0.964 bits per heavy atom. The standard InChI is InChI=1S/C22H17N3O2S/c1-15(26)17-10-5-6-11-18(17)23-22(27)20-14-19(21-12-7-13-28-21)24-25(20)16-8-3-2-4-9-16/h2-14H,1H3,(H,23,27). The Morgan fingerprint density at radius 3 is 2.43 bits per heavy atom. The van der Waals surface area contributed by atoms with Crippen LogP contribution in [0, 0.1) is 0 Å². The number of Topliss-reactive ketones (excluding diaryl/α,β-unsaturated/α-hetero) is 1. The lowest BCUT2D eigenvalue weighted by Crippen LogP contribution is -2.18. The summed E-state index contributed by atoms with van der Waals surface area (Å²) in [6.07, 6.45) is 0. The van der Waals surface area contributed by atoms with Crippen LogP contribution in [0.1, 0.15) is 27.8 Å². The normalized spacial score (nSPS) is 10.6. The van der Waals surface area contributed by atoms with Gasteiger partial charge >= 0.3 is 0 Å². The van der Waals surface area contributed by atoms with Gasteiger partial charge in [0.05, 0.1) is 16.3 Å². The summed E-state index contributed by atoms with van der Waals surface area (Å²) in [5, 5.41) is 9.47. The lowest BCUT2D eigenvalue weighted by molar-refractivity contribution is 0.101. The van der Waals surface area contributed by atoms with E-state index in [1.807, 2.05) is 47.8 Å². The first-order valence-electron chi connectivity index (χ1n) is 8.74. The van der Waals surface area contributed by atoms with Crippen molar-refractivity contribution in [2.75, 3.05) is 5.32 Å². The van der Waals surface area contributed by atoms with Crippen molar-refractivity contribution in [3.63, 3.8) is 0 Å². The quantitative estimate of drug-likeness (QED) is 0.487. The molecule has 28 heavy (non-hydrogen) atoms. The summed E-state index contributed by atoms with van der Waals surface area (Å²) in [5.74, 6) is -0.431. The fraction of sp³-hybridized carbons (Fsp3) is 0.0455. The number of hydrogen-bond donors (Lipinski definition) is 1. The number of para-hydroxylation sites is 2. The Morgan fingerprint density at radius 2 is 1.71 bits per heavy atom. The summed E-state index contributed by atoms with van der Waals surface area (Å²) in [4.78, 5) is 25.9. The second kappa shape index (κ2) is 7.62. The molecule has 4 aromatic rings. The Hall–Kier alpha value is -3.51. The van der Waals surface area contributed by atoms with E-state index >= 15 is 0 Å². The number of thiophene rings is 1. The van der Waals surface area contributed by atoms with Crippen LogP contribution < -0.4 is 5.32 Å². The van der Waals surface area contributed by atoms with E-state index in [1.54, 1.807) is 46.4 Å². The van der Waals surface area contributed by atoms with Gasteiger partial charge in [0.15, 0.2) is 5.78 Å². The Kier molecular flexibility index (Phi) is 4.87. The first kappa shape index (κ1) is 17.9. The molecule has 0 saturated carbocycles. The highest BCUT2D eigenvalue weighted by Crippen LogP contribution is 2.26. The van der Waals surface area contributed by atoms with Gasteiger partial charge in [-0.15, -0.1) is 11.3 Å². The molecule has 0 bridgehead atoms. The number of amides is 1. The Bertz CT molecular complexity index is 1130. The van der Waals surface area contributed by atoms with Crippen LogP contribution in [0.15, 0.2) is 78.2 Å². The number of benzene rings is 2. The van der Waals surface area contributed by atoms with Gasteiger partial charge in [0.2, 0.25) is 0 Å². The number of nitrogens with zero attached hydrogens (tertiary/aromatic N) is 2. The average molecular weight is 387 g/mol. The molecule has 138 valence electrons. The van der Waals surface area contributed by atoms with Crippen molar-refractivity contribution in [3.05, 3.63) is 89.4 Å². The number of anilines is 1. The summed E-state index contributed by atoms with van der Waals surface area (Å²) >= 11 is 1.56. The molecule has 2 aromatic carbocycles. The van der Waals surface area contributed by atoms with Crippen LogP contribution in [-0.2, 0) is 0 Å². The van der Waals surface area contributed by atoms with Gasteiger partial charge in [0.1, 0.15) is 11.4 Å². The maximum atomic E-state index is 13.1. The maximum absolute atomic E-state index is 13.1. The predicted molar refractivity (Wildman–Crippen MR) is 111 cm³/mol. The van der Waals surface area contributed by atoms with E-state index in [-0.39, 0.29) is 11.7 Å². The molecule has 2 aromatic heterocycles. The number of aromatic nitrogens is 2. The molecule has 0 radical (unpaired) electrons. The van der Waals surface area contributed by atoms with Crippen LogP contribution in [0.5, 0.6) is 0 Å². The second-order valence-corrected chi connectivity index (χ2v) is 7.14. The molecule has 5 nitrogen and oxygen atoms in total. The molecule has 0 unspecified atom stereocenters. The van der Waals surface area contributed by atoms with Gasteiger partial charge in [-0.25, -0.2) is 4.68 Å². The van der Waals surface area contributed by atoms with E-state index in [0.29, 0.717) is 16.9 Å². The molecule has 0 atom stereocenters. The minimum atomic E-state index is -0.326. The van der Waals surface area contributed by atoms with E-state index in [0.717, 1.165) is 16.3 Å². The van der Waals surface area contributed by atoms with Gasteiger partial charge in [0, 0.05) is 5.56 Å². The largest absolute Gasteiger partial charge is 0.320 e. The third-order valence-electron chi connectivity index (χ3n) is 4.27. The minimum Gasteiger partial charge on any atom is -0.320 e. The molecular formula is C22H17N3O2S. The fourth-order valence-corrected chi connectivity index (χ4v) is 3.62. The molecular weight excluding hydrogens is 370 g/mol. The first-order valence-corrected chi connectivity index (χ1v) is 9.62. The predicted octanol–water partition coefficient (Wildman–Crippen LogP) is 5.06. The molecule has 0 fully saturated rings. The minimum absolute atomic E-state index is 0.105. The highest BCUT2D eigenvalue weighted by atomic mass is 32.1. The van der Waals surface area contributed by atoms with Crippen LogP contribution in [0.3, 0.4) is 0 Å². The summed E-state index contributed by atoms with van der Waals surface area (Å²) in [6, 6.07) is 22.2. The van der Waals surface area contributed by atoms with Crippen molar-refractivity contribution in [3.8, 4) is 16.3 Å². The van der Waals surface area contributed by atoms with E-state index in [4.69, 9.17) is 0 Å². The molecule has 6 heteroatoms. The maximum Gasteiger partial charge on any atom is 0.274 e. The molecule has 0 saturated heterocycles. The van der Waals surface area contributed by atoms with E-state index in [1.165, 1.54) is 6.92 Å². The third-order valence-corrected chi connectivity index (χ3v) is 5.16. The summed E-state index contributed by atoms with van der Waals surface area (Å²) in [6.45, 7) is 1.48. The van der Waals surface area contributed by atoms with Crippen LogP contribution in [-0.4, -0.2) is 21.5 Å². The first-order chi connectivity index (χ1) is 13.6. The van der Waals surface area contributed by atoms with Gasteiger partial charge < -0.3 is 5.32 Å². The van der Waals surface area contributed by atoms with Gasteiger partial charge in [-0.1, -0.05) is 36.4 Å². The van der Waals surface area contributed by atoms with Crippen LogP contribution in [0.2, 0.25) is 0 Å². The van der Waals surface area contributed by atoms with Gasteiger partial charge in [0.25, 0.3) is 5.91 Å². The zero-order chi connectivity index (χ0) is 19.5. The molecule has 0 aliphatic rings. The number of hydrogen-bond acceptors (Lipinski definition) is 4. The molecule has 0 aliphatic heterocycles. The highest BCUT2D eigenvalue weighted by molar-refractivity contribution is 7.13. The monoisotopic (exact) mass is 387 g/mol. The molecule has 0 spiro atoms. The molecule has 1 N–H and O–H groups in total. The third kappa shape index (κ3) is 3.50. The zero-order valence-corrected chi connectivity index (χ0v) is 15.9. The van der Waals surface area contributed by atoms with Crippen molar-refractivity contribution < 1.29 is 9.59 Å². The van der Waals surface area contributed by atoms with E-state index in [9.17, 15) is 9.59 Å². The topological polar surface area (TPSA) is 64.0 Å².